The molecule has 39 heavy (non-hydrogen) atoms. The fourth-order valence-electron chi connectivity index (χ4n) is 4.08. The number of aryl methyl sites for hydroxylation is 2. The summed E-state index contributed by atoms with van der Waals surface area (Å²) in [6.45, 7) is 1.79. The Hall–Kier alpha value is -5.53. The summed E-state index contributed by atoms with van der Waals surface area (Å²) in [6.07, 6.45) is 0. The van der Waals surface area contributed by atoms with Crippen LogP contribution >= 0.6 is 0 Å². The first-order valence-corrected chi connectivity index (χ1v) is 11.6. The van der Waals surface area contributed by atoms with Crippen LogP contribution in [0.25, 0.3) is 16.9 Å². The van der Waals surface area contributed by atoms with Gasteiger partial charge in [-0.15, -0.1) is 0 Å². The standard InChI is InChI=1S/C25H21N7O7/c1-12-7-13(3-5-15(12)22(35)36)10-26-20(33)16-9-18(32-23(28-16)29-24(37)30-32)21(34)27-11-14-4-6-19-17(8-14)31(2)25(38)39-19/h3-9H,10-11H2,1-2H3,(H,26,33)(H,27,34)(H,30,37)(H,35,36). The van der Waals surface area contributed by atoms with Gasteiger partial charge in [-0.05, 0) is 41.8 Å². The van der Waals surface area contributed by atoms with Crippen LogP contribution in [-0.4, -0.2) is 47.0 Å². The van der Waals surface area contributed by atoms with Crippen LogP contribution in [0.5, 0.6) is 0 Å². The van der Waals surface area contributed by atoms with Gasteiger partial charge in [0.1, 0.15) is 11.4 Å². The minimum atomic E-state index is -1.05. The Morgan fingerprint density at radius 3 is 2.38 bits per heavy atom. The largest absolute Gasteiger partial charge is 0.478 e. The molecule has 0 aliphatic rings. The van der Waals surface area contributed by atoms with Crippen LogP contribution in [0.3, 0.4) is 0 Å². The number of aromatic carboxylic acids is 1. The lowest BCUT2D eigenvalue weighted by Gasteiger charge is -2.10. The van der Waals surface area contributed by atoms with Gasteiger partial charge in [0, 0.05) is 26.2 Å². The normalized spacial score (nSPS) is 11.1. The van der Waals surface area contributed by atoms with Crippen molar-refractivity contribution in [2.75, 3.05) is 0 Å². The van der Waals surface area contributed by atoms with E-state index in [1.807, 2.05) is 0 Å². The topological polar surface area (TPSA) is 194 Å². The molecule has 3 heterocycles. The number of hydrogen-bond acceptors (Lipinski definition) is 8. The lowest BCUT2D eigenvalue weighted by atomic mass is 10.1. The van der Waals surface area contributed by atoms with Crippen molar-refractivity contribution in [3.63, 3.8) is 0 Å². The van der Waals surface area contributed by atoms with Gasteiger partial charge in [0.15, 0.2) is 5.58 Å². The van der Waals surface area contributed by atoms with Gasteiger partial charge in [-0.25, -0.2) is 29.0 Å². The van der Waals surface area contributed by atoms with Gasteiger partial charge in [0.05, 0.1) is 11.1 Å². The molecule has 5 aromatic rings. The first-order chi connectivity index (χ1) is 18.6. The fourth-order valence-corrected chi connectivity index (χ4v) is 4.08. The quantitative estimate of drug-likeness (QED) is 0.234. The second-order valence-corrected chi connectivity index (χ2v) is 8.74. The molecule has 2 amide bonds. The van der Waals surface area contributed by atoms with Gasteiger partial charge < -0.3 is 20.2 Å². The second kappa shape index (κ2) is 9.74. The van der Waals surface area contributed by atoms with E-state index in [1.54, 1.807) is 44.3 Å². The number of rotatable bonds is 7. The summed E-state index contributed by atoms with van der Waals surface area (Å²) in [5, 5.41) is 16.9. The first kappa shape index (κ1) is 25.1. The molecule has 198 valence electrons. The third kappa shape index (κ3) is 4.90. The molecule has 0 saturated carbocycles. The second-order valence-electron chi connectivity index (χ2n) is 8.74. The molecule has 4 N–H and O–H groups in total. The van der Waals surface area contributed by atoms with Crippen molar-refractivity contribution in [2.45, 2.75) is 20.0 Å². The minimum absolute atomic E-state index is 0.0698. The summed E-state index contributed by atoms with van der Waals surface area (Å²) in [5.41, 5.74) is 2.01. The third-order valence-electron chi connectivity index (χ3n) is 6.09. The molecule has 0 fully saturated rings. The number of carboxylic acid groups (broad SMARTS) is 1. The Kier molecular flexibility index (Phi) is 6.27. The fraction of sp³-hybridized carbons (Fsp3) is 0.160. The molecule has 0 bridgehead atoms. The number of hydrogen-bond donors (Lipinski definition) is 4. The van der Waals surface area contributed by atoms with Crippen molar-refractivity contribution in [1.82, 2.24) is 34.8 Å². The zero-order valence-electron chi connectivity index (χ0n) is 20.6. The maximum absolute atomic E-state index is 13.1. The van der Waals surface area contributed by atoms with E-state index in [-0.39, 0.29) is 35.8 Å². The smallest absolute Gasteiger partial charge is 0.419 e. The zero-order valence-corrected chi connectivity index (χ0v) is 20.6. The van der Waals surface area contributed by atoms with Crippen molar-refractivity contribution in [3.05, 3.63) is 97.1 Å². The van der Waals surface area contributed by atoms with Crippen molar-refractivity contribution in [2.24, 2.45) is 7.05 Å². The molecule has 0 spiro atoms. The van der Waals surface area contributed by atoms with Crippen molar-refractivity contribution in [3.8, 4) is 0 Å². The molecule has 0 aliphatic heterocycles. The number of benzene rings is 2. The average molecular weight is 531 g/mol. The number of nitrogens with one attached hydrogen (secondary N) is 3. The summed E-state index contributed by atoms with van der Waals surface area (Å²) in [4.78, 5) is 68.6. The number of aromatic nitrogens is 5. The van der Waals surface area contributed by atoms with Crippen LogP contribution < -0.4 is 22.1 Å². The number of oxazole rings is 1. The molecular weight excluding hydrogens is 510 g/mol. The maximum atomic E-state index is 13.1. The van der Waals surface area contributed by atoms with E-state index in [0.29, 0.717) is 27.8 Å². The molecule has 5 rings (SSSR count). The molecule has 0 aliphatic carbocycles. The van der Waals surface area contributed by atoms with Crippen molar-refractivity contribution in [1.29, 1.82) is 0 Å². The van der Waals surface area contributed by atoms with E-state index >= 15 is 0 Å². The van der Waals surface area contributed by atoms with Gasteiger partial charge in [0.2, 0.25) is 0 Å². The van der Waals surface area contributed by atoms with Crippen molar-refractivity contribution >= 4 is 34.7 Å². The van der Waals surface area contributed by atoms with Crippen LogP contribution in [-0.2, 0) is 20.1 Å². The highest BCUT2D eigenvalue weighted by Crippen LogP contribution is 2.15. The van der Waals surface area contributed by atoms with Crippen LogP contribution in [0.1, 0.15) is 48.0 Å². The maximum Gasteiger partial charge on any atom is 0.419 e. The molecule has 3 aromatic heterocycles. The van der Waals surface area contributed by atoms with E-state index in [2.05, 4.69) is 25.7 Å². The number of carboxylic acids is 1. The molecule has 0 atom stereocenters. The van der Waals surface area contributed by atoms with Gasteiger partial charge >= 0.3 is 17.4 Å². The number of carbonyl (C=O) groups is 3. The van der Waals surface area contributed by atoms with E-state index in [9.17, 15) is 29.1 Å². The Labute approximate surface area is 217 Å². The van der Waals surface area contributed by atoms with E-state index in [0.717, 1.165) is 4.52 Å². The van der Waals surface area contributed by atoms with Crippen LogP contribution in [0.2, 0.25) is 0 Å². The highest BCUT2D eigenvalue weighted by molar-refractivity contribution is 5.98. The van der Waals surface area contributed by atoms with Crippen LogP contribution in [0.4, 0.5) is 0 Å². The SMILES string of the molecule is Cc1cc(CNC(=O)c2cc(C(=O)NCc3ccc4oc(=O)n(C)c4c3)n3[nH]c(=O)nc3n2)ccc1C(=O)O. The Balaban J connectivity index is 1.36. The molecule has 14 heteroatoms. The predicted octanol–water partition coefficient (Wildman–Crippen LogP) is 0.729. The molecule has 0 saturated heterocycles. The number of aromatic amines is 1. The number of amides is 2. The van der Waals surface area contributed by atoms with Crippen LogP contribution in [0, 0.1) is 6.92 Å². The summed E-state index contributed by atoms with van der Waals surface area (Å²) < 4.78 is 7.53. The van der Waals surface area contributed by atoms with Crippen LogP contribution in [0.15, 0.2) is 56.5 Å². The average Bonchev–Trinajstić information content (AvgIpc) is 3.42. The molecule has 0 radical (unpaired) electrons. The summed E-state index contributed by atoms with van der Waals surface area (Å²) >= 11 is 0. The molecule has 14 nitrogen and oxygen atoms in total. The number of fused-ring (bicyclic) bond motifs is 2. The molecule has 2 aromatic carbocycles. The first-order valence-electron chi connectivity index (χ1n) is 11.6. The van der Waals surface area contributed by atoms with Crippen molar-refractivity contribution < 1.29 is 23.9 Å². The van der Waals surface area contributed by atoms with Gasteiger partial charge in [0.25, 0.3) is 17.6 Å². The number of carbonyl (C=O) groups excluding carboxylic acids is 2. The lowest BCUT2D eigenvalue weighted by molar-refractivity contribution is 0.0695. The number of H-pyrrole nitrogens is 1. The highest BCUT2D eigenvalue weighted by atomic mass is 16.4. The summed E-state index contributed by atoms with van der Waals surface area (Å²) in [5.74, 6) is -2.98. The highest BCUT2D eigenvalue weighted by Gasteiger charge is 2.19. The van der Waals surface area contributed by atoms with Gasteiger partial charge in [-0.1, -0.05) is 18.2 Å². The monoisotopic (exact) mass is 531 g/mol. The predicted molar refractivity (Wildman–Crippen MR) is 136 cm³/mol. The number of nitrogens with zero attached hydrogens (tertiary/aromatic N) is 4. The molecular formula is C25H21N7O7. The van der Waals surface area contributed by atoms with E-state index in [1.165, 1.54) is 16.7 Å². The van der Waals surface area contributed by atoms with E-state index < -0.39 is 29.2 Å². The van der Waals surface area contributed by atoms with Gasteiger partial charge in [-0.3, -0.25) is 14.2 Å². The summed E-state index contributed by atoms with van der Waals surface area (Å²) in [7, 11) is 1.57. The van der Waals surface area contributed by atoms with E-state index in [4.69, 9.17) is 4.42 Å². The molecule has 0 unspecified atom stereocenters. The Bertz CT molecular complexity index is 1910. The summed E-state index contributed by atoms with van der Waals surface area (Å²) in [6, 6.07) is 10.9. The Morgan fingerprint density at radius 1 is 0.974 bits per heavy atom. The lowest BCUT2D eigenvalue weighted by Crippen LogP contribution is -2.28. The van der Waals surface area contributed by atoms with Gasteiger partial charge in [-0.2, -0.15) is 4.98 Å². The third-order valence-corrected chi connectivity index (χ3v) is 6.09. The zero-order chi connectivity index (χ0) is 27.8. The Morgan fingerprint density at radius 2 is 1.67 bits per heavy atom. The minimum Gasteiger partial charge on any atom is -0.478 e.